The maximum Gasteiger partial charge on any atom is 0.310 e. The summed E-state index contributed by atoms with van der Waals surface area (Å²) in [5.41, 5.74) is 0.167. The second kappa shape index (κ2) is 8.50. The van der Waals surface area contributed by atoms with Crippen LogP contribution in [0.15, 0.2) is 24.3 Å². The molecule has 0 saturated heterocycles. The zero-order valence-corrected chi connectivity index (χ0v) is 17.2. The molecule has 2 aromatic rings. The molecule has 0 unspecified atom stereocenters. The Morgan fingerprint density at radius 1 is 1.21 bits per heavy atom. The number of hydrogen-bond donors (Lipinski definition) is 1. The van der Waals surface area contributed by atoms with Crippen LogP contribution in [0.2, 0.25) is 0 Å². The molecule has 7 heteroatoms. The van der Waals surface area contributed by atoms with E-state index in [1.807, 2.05) is 24.3 Å². The van der Waals surface area contributed by atoms with E-state index in [4.69, 9.17) is 9.72 Å². The Labute approximate surface area is 174 Å². The number of aromatic nitrogens is 1. The number of ether oxygens (including phenoxy) is 1. The van der Waals surface area contributed by atoms with Gasteiger partial charge in [0.15, 0.2) is 6.61 Å². The normalized spacial score (nSPS) is 23.4. The molecular weight excluding hydrogens is 386 g/mol. The van der Waals surface area contributed by atoms with E-state index >= 15 is 0 Å². The SMILES string of the molecule is N#CC1(NC(=O)COC(=O)[C@H]2CCCC[C@H]2c2nc3ccccc3s2)CCCC1. The van der Waals surface area contributed by atoms with Crippen LogP contribution in [-0.4, -0.2) is 29.0 Å². The first-order valence-electron chi connectivity index (χ1n) is 10.3. The minimum Gasteiger partial charge on any atom is -0.455 e. The number of amides is 1. The number of fused-ring (bicyclic) bond motifs is 1. The molecule has 0 spiro atoms. The van der Waals surface area contributed by atoms with Crippen molar-refractivity contribution in [3.05, 3.63) is 29.3 Å². The molecule has 6 nitrogen and oxygen atoms in total. The van der Waals surface area contributed by atoms with Gasteiger partial charge in [-0.15, -0.1) is 11.3 Å². The third kappa shape index (κ3) is 4.27. The van der Waals surface area contributed by atoms with Crippen molar-refractivity contribution in [1.82, 2.24) is 10.3 Å². The quantitative estimate of drug-likeness (QED) is 0.749. The first kappa shape index (κ1) is 19.8. The third-order valence-corrected chi connectivity index (χ3v) is 7.26. The fourth-order valence-corrected chi connectivity index (χ4v) is 5.71. The van der Waals surface area contributed by atoms with E-state index in [1.165, 1.54) is 0 Å². The predicted molar refractivity (Wildman–Crippen MR) is 110 cm³/mol. The van der Waals surface area contributed by atoms with E-state index in [0.717, 1.165) is 53.7 Å². The molecule has 4 rings (SSSR count). The number of carbonyl (C=O) groups excluding carboxylic acids is 2. The first-order chi connectivity index (χ1) is 14.1. The summed E-state index contributed by atoms with van der Waals surface area (Å²) in [6.07, 6.45) is 6.88. The highest BCUT2D eigenvalue weighted by Crippen LogP contribution is 2.41. The van der Waals surface area contributed by atoms with Crippen molar-refractivity contribution in [3.63, 3.8) is 0 Å². The van der Waals surface area contributed by atoms with Crippen LogP contribution in [0, 0.1) is 17.2 Å². The van der Waals surface area contributed by atoms with E-state index in [9.17, 15) is 14.9 Å². The van der Waals surface area contributed by atoms with E-state index < -0.39 is 11.4 Å². The topological polar surface area (TPSA) is 92.1 Å². The summed E-state index contributed by atoms with van der Waals surface area (Å²) < 4.78 is 6.51. The van der Waals surface area contributed by atoms with Crippen molar-refractivity contribution in [2.24, 2.45) is 5.92 Å². The molecule has 2 fully saturated rings. The fraction of sp³-hybridized carbons (Fsp3) is 0.545. The summed E-state index contributed by atoms with van der Waals surface area (Å²) >= 11 is 1.64. The number of carbonyl (C=O) groups is 2. The van der Waals surface area contributed by atoms with Crippen molar-refractivity contribution in [1.29, 1.82) is 5.26 Å². The third-order valence-electron chi connectivity index (χ3n) is 6.09. The van der Waals surface area contributed by atoms with Gasteiger partial charge in [-0.25, -0.2) is 4.98 Å². The lowest BCUT2D eigenvalue weighted by molar-refractivity contribution is -0.154. The van der Waals surface area contributed by atoms with E-state index in [0.29, 0.717) is 12.8 Å². The van der Waals surface area contributed by atoms with Crippen LogP contribution in [0.5, 0.6) is 0 Å². The van der Waals surface area contributed by atoms with Gasteiger partial charge in [0, 0.05) is 5.92 Å². The lowest BCUT2D eigenvalue weighted by Crippen LogP contribution is -2.47. The highest BCUT2D eigenvalue weighted by atomic mass is 32.1. The second-order valence-electron chi connectivity index (χ2n) is 8.07. The Hall–Kier alpha value is -2.46. The number of benzene rings is 1. The van der Waals surface area contributed by atoms with Crippen LogP contribution in [0.4, 0.5) is 0 Å². The van der Waals surface area contributed by atoms with Gasteiger partial charge < -0.3 is 10.1 Å². The maximum atomic E-state index is 12.8. The number of para-hydroxylation sites is 1. The molecule has 2 saturated carbocycles. The molecule has 1 N–H and O–H groups in total. The number of nitriles is 1. The second-order valence-corrected chi connectivity index (χ2v) is 9.14. The van der Waals surface area contributed by atoms with Crippen LogP contribution in [0.1, 0.15) is 62.3 Å². The van der Waals surface area contributed by atoms with E-state index in [2.05, 4.69) is 11.4 Å². The highest BCUT2D eigenvalue weighted by molar-refractivity contribution is 7.18. The van der Waals surface area contributed by atoms with Crippen molar-refractivity contribution in [3.8, 4) is 6.07 Å². The average molecular weight is 412 g/mol. The number of thiazole rings is 1. The number of rotatable bonds is 5. The van der Waals surface area contributed by atoms with Crippen molar-refractivity contribution in [2.75, 3.05) is 6.61 Å². The molecule has 0 aliphatic heterocycles. The van der Waals surface area contributed by atoms with Crippen LogP contribution in [-0.2, 0) is 14.3 Å². The zero-order valence-electron chi connectivity index (χ0n) is 16.4. The molecule has 2 aliphatic rings. The van der Waals surface area contributed by atoms with Gasteiger partial charge in [0.25, 0.3) is 5.91 Å². The van der Waals surface area contributed by atoms with Gasteiger partial charge in [0.1, 0.15) is 5.54 Å². The van der Waals surface area contributed by atoms with Gasteiger partial charge in [-0.2, -0.15) is 5.26 Å². The molecule has 1 heterocycles. The monoisotopic (exact) mass is 411 g/mol. The zero-order chi connectivity index (χ0) is 20.3. The summed E-state index contributed by atoms with van der Waals surface area (Å²) in [6, 6.07) is 10.2. The van der Waals surface area contributed by atoms with Crippen molar-refractivity contribution < 1.29 is 14.3 Å². The smallest absolute Gasteiger partial charge is 0.310 e. The Morgan fingerprint density at radius 2 is 1.97 bits per heavy atom. The Morgan fingerprint density at radius 3 is 2.72 bits per heavy atom. The minimum atomic E-state index is -0.794. The number of nitrogens with one attached hydrogen (secondary N) is 1. The van der Waals surface area contributed by atoms with Crippen molar-refractivity contribution in [2.45, 2.75) is 62.8 Å². The molecule has 0 radical (unpaired) electrons. The van der Waals surface area contributed by atoms with Gasteiger partial charge in [0.2, 0.25) is 0 Å². The standard InChI is InChI=1S/C22H25N3O3S/c23-14-22(11-5-6-12-22)25-19(26)13-28-21(27)16-8-2-1-7-15(16)20-24-17-9-3-4-10-18(17)29-20/h3-4,9-10,15-16H,1-2,5-8,11-13H2,(H,25,26)/t15-,16+/m1/s1. The summed E-state index contributed by atoms with van der Waals surface area (Å²) in [6.45, 7) is -0.328. The molecular formula is C22H25N3O3S. The summed E-state index contributed by atoms with van der Waals surface area (Å²) in [4.78, 5) is 29.8. The Kier molecular flexibility index (Phi) is 5.81. The van der Waals surface area contributed by atoms with E-state index in [1.54, 1.807) is 11.3 Å². The van der Waals surface area contributed by atoms with Crippen molar-refractivity contribution >= 4 is 33.4 Å². The van der Waals surface area contributed by atoms with Crippen LogP contribution >= 0.6 is 11.3 Å². The molecule has 0 bridgehead atoms. The Balaban J connectivity index is 1.40. The summed E-state index contributed by atoms with van der Waals surface area (Å²) in [5, 5.41) is 13.1. The maximum absolute atomic E-state index is 12.8. The number of esters is 1. The van der Waals surface area contributed by atoms with Crippen LogP contribution in [0.3, 0.4) is 0 Å². The van der Waals surface area contributed by atoms with Crippen LogP contribution in [0.25, 0.3) is 10.2 Å². The van der Waals surface area contributed by atoms with Gasteiger partial charge >= 0.3 is 5.97 Å². The summed E-state index contributed by atoms with van der Waals surface area (Å²) in [7, 11) is 0. The van der Waals surface area contributed by atoms with Gasteiger partial charge in [-0.3, -0.25) is 9.59 Å². The molecule has 1 aromatic heterocycles. The lowest BCUT2D eigenvalue weighted by Gasteiger charge is -2.28. The molecule has 1 amide bonds. The number of hydrogen-bond acceptors (Lipinski definition) is 6. The molecule has 29 heavy (non-hydrogen) atoms. The average Bonchev–Trinajstić information content (AvgIpc) is 3.39. The Bertz CT molecular complexity index is 909. The lowest BCUT2D eigenvalue weighted by atomic mass is 9.79. The first-order valence-corrected chi connectivity index (χ1v) is 11.2. The number of nitrogens with zero attached hydrogens (tertiary/aromatic N) is 2. The van der Waals surface area contributed by atoms with Gasteiger partial charge in [-0.1, -0.05) is 25.0 Å². The van der Waals surface area contributed by atoms with Gasteiger partial charge in [0.05, 0.1) is 27.2 Å². The molecule has 2 aliphatic carbocycles. The van der Waals surface area contributed by atoms with E-state index in [-0.39, 0.29) is 24.4 Å². The highest BCUT2D eigenvalue weighted by Gasteiger charge is 2.37. The van der Waals surface area contributed by atoms with Crippen LogP contribution < -0.4 is 5.32 Å². The largest absolute Gasteiger partial charge is 0.455 e. The summed E-state index contributed by atoms with van der Waals surface area (Å²) in [5.74, 6) is -0.957. The predicted octanol–water partition coefficient (Wildman–Crippen LogP) is 4.07. The van der Waals surface area contributed by atoms with Gasteiger partial charge in [-0.05, 0) is 50.7 Å². The molecule has 1 aromatic carbocycles. The minimum absolute atomic E-state index is 0.0389. The molecule has 2 atom stereocenters. The molecule has 152 valence electrons. The fourth-order valence-electron chi connectivity index (χ4n) is 4.55.